The van der Waals surface area contributed by atoms with Crippen LogP contribution in [0.3, 0.4) is 0 Å². The molecule has 0 unspecified atom stereocenters. The van der Waals surface area contributed by atoms with Crippen molar-refractivity contribution in [3.05, 3.63) is 24.1 Å². The molecule has 0 saturated heterocycles. The van der Waals surface area contributed by atoms with Gasteiger partial charge in [-0.3, -0.25) is 0 Å². The summed E-state index contributed by atoms with van der Waals surface area (Å²) in [5, 5.41) is 0. The SMILES string of the molecule is COC(C)(C)Cc1nc2cc(N)ccc2o1. The Morgan fingerprint density at radius 2 is 2.19 bits per heavy atom. The number of benzene rings is 1. The van der Waals surface area contributed by atoms with Gasteiger partial charge in [0.25, 0.3) is 0 Å². The van der Waals surface area contributed by atoms with Crippen molar-refractivity contribution >= 4 is 16.8 Å². The van der Waals surface area contributed by atoms with E-state index in [4.69, 9.17) is 14.9 Å². The van der Waals surface area contributed by atoms with Crippen molar-refractivity contribution in [3.8, 4) is 0 Å². The minimum absolute atomic E-state index is 0.271. The summed E-state index contributed by atoms with van der Waals surface area (Å²) in [4.78, 5) is 4.38. The van der Waals surface area contributed by atoms with Gasteiger partial charge in [-0.2, -0.15) is 0 Å². The van der Waals surface area contributed by atoms with Gasteiger partial charge in [0.15, 0.2) is 11.5 Å². The average molecular weight is 220 g/mol. The molecule has 2 N–H and O–H groups in total. The van der Waals surface area contributed by atoms with E-state index < -0.39 is 0 Å². The molecule has 2 rings (SSSR count). The number of aromatic nitrogens is 1. The fourth-order valence-corrected chi connectivity index (χ4v) is 1.50. The van der Waals surface area contributed by atoms with Crippen LogP contribution in [0.2, 0.25) is 0 Å². The number of ether oxygens (including phenoxy) is 1. The van der Waals surface area contributed by atoms with Crippen LogP contribution in [0, 0.1) is 0 Å². The molecule has 4 heteroatoms. The lowest BCUT2D eigenvalue weighted by molar-refractivity contribution is 0.0184. The average Bonchev–Trinajstić information content (AvgIpc) is 2.58. The third kappa shape index (κ3) is 2.17. The molecule has 16 heavy (non-hydrogen) atoms. The molecule has 2 aromatic rings. The van der Waals surface area contributed by atoms with Crippen molar-refractivity contribution in [1.29, 1.82) is 0 Å². The van der Waals surface area contributed by atoms with Gasteiger partial charge in [-0.1, -0.05) is 0 Å². The van der Waals surface area contributed by atoms with Gasteiger partial charge in [0.05, 0.1) is 12.0 Å². The molecule has 0 aliphatic heterocycles. The molecule has 1 heterocycles. The molecule has 4 nitrogen and oxygen atoms in total. The van der Waals surface area contributed by atoms with E-state index in [0.717, 1.165) is 11.1 Å². The molecular formula is C12H16N2O2. The second-order valence-electron chi connectivity index (χ2n) is 4.48. The second kappa shape index (κ2) is 3.79. The van der Waals surface area contributed by atoms with Crippen LogP contribution < -0.4 is 5.73 Å². The van der Waals surface area contributed by atoms with Gasteiger partial charge < -0.3 is 14.9 Å². The second-order valence-corrected chi connectivity index (χ2v) is 4.48. The molecule has 0 aliphatic rings. The zero-order valence-electron chi connectivity index (χ0n) is 9.78. The Labute approximate surface area is 94.4 Å². The molecular weight excluding hydrogens is 204 g/mol. The van der Waals surface area contributed by atoms with Gasteiger partial charge in [-0.15, -0.1) is 0 Å². The lowest BCUT2D eigenvalue weighted by atomic mass is 10.1. The Morgan fingerprint density at radius 1 is 1.44 bits per heavy atom. The molecule has 0 aliphatic carbocycles. The van der Waals surface area contributed by atoms with Crippen LogP contribution in [0.4, 0.5) is 5.69 Å². The first-order chi connectivity index (χ1) is 7.50. The summed E-state index contributed by atoms with van der Waals surface area (Å²) in [7, 11) is 1.68. The zero-order valence-corrected chi connectivity index (χ0v) is 9.78. The number of nitrogen functional groups attached to an aromatic ring is 1. The number of methoxy groups -OCH3 is 1. The third-order valence-electron chi connectivity index (χ3n) is 2.59. The normalized spacial score (nSPS) is 12.2. The molecule has 1 aromatic heterocycles. The van der Waals surface area contributed by atoms with Gasteiger partial charge in [0, 0.05) is 12.8 Å². The first-order valence-electron chi connectivity index (χ1n) is 5.20. The van der Waals surface area contributed by atoms with E-state index in [-0.39, 0.29) is 5.60 Å². The van der Waals surface area contributed by atoms with Gasteiger partial charge in [0.1, 0.15) is 5.52 Å². The molecule has 0 bridgehead atoms. The van der Waals surface area contributed by atoms with Crippen LogP contribution in [0.15, 0.2) is 22.6 Å². The Bertz CT molecular complexity index is 503. The van der Waals surface area contributed by atoms with Gasteiger partial charge in [0.2, 0.25) is 0 Å². The van der Waals surface area contributed by atoms with Gasteiger partial charge in [-0.25, -0.2) is 4.98 Å². The number of anilines is 1. The maximum absolute atomic E-state index is 5.68. The monoisotopic (exact) mass is 220 g/mol. The third-order valence-corrected chi connectivity index (χ3v) is 2.59. The summed E-state index contributed by atoms with van der Waals surface area (Å²) in [6.45, 7) is 3.99. The quantitative estimate of drug-likeness (QED) is 0.807. The molecule has 0 radical (unpaired) electrons. The maximum atomic E-state index is 5.68. The number of oxazole rings is 1. The fraction of sp³-hybridized carbons (Fsp3) is 0.417. The van der Waals surface area contributed by atoms with E-state index in [1.807, 2.05) is 26.0 Å². The number of hydrogen-bond donors (Lipinski definition) is 1. The predicted octanol–water partition coefficient (Wildman–Crippen LogP) is 2.38. The van der Waals surface area contributed by atoms with E-state index >= 15 is 0 Å². The van der Waals surface area contributed by atoms with E-state index in [0.29, 0.717) is 18.0 Å². The number of hydrogen-bond acceptors (Lipinski definition) is 4. The van der Waals surface area contributed by atoms with Crippen LogP contribution in [0.5, 0.6) is 0 Å². The van der Waals surface area contributed by atoms with E-state index in [1.54, 1.807) is 13.2 Å². The van der Waals surface area contributed by atoms with Crippen molar-refractivity contribution < 1.29 is 9.15 Å². The molecule has 0 amide bonds. The first-order valence-corrected chi connectivity index (χ1v) is 5.20. The number of nitrogens with zero attached hydrogens (tertiary/aromatic N) is 1. The Balaban J connectivity index is 2.33. The molecule has 0 saturated carbocycles. The minimum Gasteiger partial charge on any atom is -0.441 e. The van der Waals surface area contributed by atoms with E-state index in [1.165, 1.54) is 0 Å². The highest BCUT2D eigenvalue weighted by Gasteiger charge is 2.20. The first kappa shape index (κ1) is 11.0. The standard InChI is InChI=1S/C12H16N2O2/c1-12(2,15-3)7-11-14-9-6-8(13)4-5-10(9)16-11/h4-6H,7,13H2,1-3H3. The summed E-state index contributed by atoms with van der Waals surface area (Å²) in [6.07, 6.45) is 0.637. The van der Waals surface area contributed by atoms with Crippen LogP contribution in [-0.2, 0) is 11.2 Å². The summed E-state index contributed by atoms with van der Waals surface area (Å²) in [5.41, 5.74) is 7.66. The van der Waals surface area contributed by atoms with E-state index in [9.17, 15) is 0 Å². The van der Waals surface area contributed by atoms with Crippen molar-refractivity contribution in [3.63, 3.8) is 0 Å². The van der Waals surface area contributed by atoms with Crippen LogP contribution in [0.1, 0.15) is 19.7 Å². The highest BCUT2D eigenvalue weighted by atomic mass is 16.5. The molecule has 0 spiro atoms. The highest BCUT2D eigenvalue weighted by Crippen LogP contribution is 2.22. The molecule has 1 aromatic carbocycles. The lowest BCUT2D eigenvalue weighted by Crippen LogP contribution is -2.25. The smallest absolute Gasteiger partial charge is 0.198 e. The summed E-state index contributed by atoms with van der Waals surface area (Å²) in [5.74, 6) is 0.674. The molecule has 0 fully saturated rings. The van der Waals surface area contributed by atoms with E-state index in [2.05, 4.69) is 4.98 Å². The molecule has 86 valence electrons. The van der Waals surface area contributed by atoms with Gasteiger partial charge >= 0.3 is 0 Å². The number of fused-ring (bicyclic) bond motifs is 1. The Kier molecular flexibility index (Phi) is 2.59. The zero-order chi connectivity index (χ0) is 11.8. The van der Waals surface area contributed by atoms with Crippen molar-refractivity contribution in [2.75, 3.05) is 12.8 Å². The van der Waals surface area contributed by atoms with Crippen LogP contribution in [-0.4, -0.2) is 17.7 Å². The summed E-state index contributed by atoms with van der Waals surface area (Å²) < 4.78 is 11.0. The number of rotatable bonds is 3. The van der Waals surface area contributed by atoms with Gasteiger partial charge in [-0.05, 0) is 32.0 Å². The fourth-order valence-electron chi connectivity index (χ4n) is 1.50. The predicted molar refractivity (Wildman–Crippen MR) is 63.2 cm³/mol. The number of nitrogens with two attached hydrogens (primary N) is 1. The topological polar surface area (TPSA) is 61.3 Å². The Morgan fingerprint density at radius 3 is 2.88 bits per heavy atom. The minimum atomic E-state index is -0.271. The van der Waals surface area contributed by atoms with Crippen molar-refractivity contribution in [1.82, 2.24) is 4.98 Å². The van der Waals surface area contributed by atoms with Crippen molar-refractivity contribution in [2.24, 2.45) is 0 Å². The maximum Gasteiger partial charge on any atom is 0.198 e. The lowest BCUT2D eigenvalue weighted by Gasteiger charge is -2.20. The van der Waals surface area contributed by atoms with Crippen LogP contribution >= 0.6 is 0 Å². The van der Waals surface area contributed by atoms with Crippen LogP contribution in [0.25, 0.3) is 11.1 Å². The molecule has 0 atom stereocenters. The summed E-state index contributed by atoms with van der Waals surface area (Å²) >= 11 is 0. The Hall–Kier alpha value is -1.55. The van der Waals surface area contributed by atoms with Crippen molar-refractivity contribution in [2.45, 2.75) is 25.9 Å². The highest BCUT2D eigenvalue weighted by molar-refractivity contribution is 5.76. The summed E-state index contributed by atoms with van der Waals surface area (Å²) in [6, 6.07) is 5.45. The largest absolute Gasteiger partial charge is 0.441 e.